The molecule has 1 fully saturated rings. The summed E-state index contributed by atoms with van der Waals surface area (Å²) in [5.74, 6) is -0.0301. The molecule has 0 aromatic rings. The third-order valence-corrected chi connectivity index (χ3v) is 5.47. The van der Waals surface area contributed by atoms with Crippen molar-refractivity contribution in [2.75, 3.05) is 12.8 Å². The van der Waals surface area contributed by atoms with Gasteiger partial charge in [-0.25, -0.2) is 17.5 Å². The van der Waals surface area contributed by atoms with Crippen molar-refractivity contribution in [1.29, 1.82) is 0 Å². The number of aldehydes is 1. The smallest absolute Gasteiger partial charge is 0.423 e. The van der Waals surface area contributed by atoms with Crippen molar-refractivity contribution in [1.82, 2.24) is 4.31 Å². The van der Waals surface area contributed by atoms with Gasteiger partial charge in [-0.3, -0.25) is 0 Å². The highest BCUT2D eigenvalue weighted by Gasteiger charge is 2.32. The second kappa shape index (κ2) is 6.77. The summed E-state index contributed by atoms with van der Waals surface area (Å²) in [6.07, 6.45) is 2.93. The molecule has 1 saturated carbocycles. The van der Waals surface area contributed by atoms with E-state index in [0.717, 1.165) is 19.1 Å². The average molecular weight is 319 g/mol. The minimum absolute atomic E-state index is 0.00362. The number of nitrogens with zero attached hydrogens (tertiary/aromatic N) is 1. The second-order valence-electron chi connectivity index (χ2n) is 6.64. The molecule has 0 atom stereocenters. The molecule has 122 valence electrons. The summed E-state index contributed by atoms with van der Waals surface area (Å²) in [5.41, 5.74) is -0.733. The molecule has 1 aliphatic rings. The molecule has 0 bridgehead atoms. The highest BCUT2D eigenvalue weighted by atomic mass is 32.2. The maximum absolute atomic E-state index is 12.2. The largest absolute Gasteiger partial charge is 0.443 e. The van der Waals surface area contributed by atoms with Crippen LogP contribution >= 0.6 is 0 Å². The minimum Gasteiger partial charge on any atom is -0.443 e. The van der Waals surface area contributed by atoms with Crippen LogP contribution in [-0.2, 0) is 19.6 Å². The summed E-state index contributed by atoms with van der Waals surface area (Å²) >= 11 is 0. The van der Waals surface area contributed by atoms with Crippen LogP contribution in [0.15, 0.2) is 0 Å². The van der Waals surface area contributed by atoms with Gasteiger partial charge in [0.05, 0.1) is 5.75 Å². The van der Waals surface area contributed by atoms with Gasteiger partial charge < -0.3 is 9.53 Å². The van der Waals surface area contributed by atoms with Gasteiger partial charge in [-0.05, 0) is 52.4 Å². The quantitative estimate of drug-likeness (QED) is 0.742. The summed E-state index contributed by atoms with van der Waals surface area (Å²) in [6, 6.07) is 0. The third kappa shape index (κ3) is 5.65. The Labute approximate surface area is 126 Å². The number of hydrogen-bond acceptors (Lipinski definition) is 5. The van der Waals surface area contributed by atoms with Gasteiger partial charge in [0.25, 0.3) is 0 Å². The fraction of sp³-hybridized carbons (Fsp3) is 0.857. The summed E-state index contributed by atoms with van der Waals surface area (Å²) < 4.78 is 30.2. The molecule has 7 heteroatoms. The lowest BCUT2D eigenvalue weighted by molar-refractivity contribution is -0.112. The van der Waals surface area contributed by atoms with Gasteiger partial charge in [0.15, 0.2) is 0 Å². The van der Waals surface area contributed by atoms with Gasteiger partial charge in [0, 0.05) is 13.0 Å². The van der Waals surface area contributed by atoms with E-state index in [2.05, 4.69) is 0 Å². The van der Waals surface area contributed by atoms with Crippen molar-refractivity contribution >= 4 is 22.4 Å². The second-order valence-corrected chi connectivity index (χ2v) is 8.69. The first-order valence-electron chi connectivity index (χ1n) is 7.20. The lowest BCUT2D eigenvalue weighted by Gasteiger charge is -2.28. The zero-order valence-corrected chi connectivity index (χ0v) is 14.0. The average Bonchev–Trinajstić information content (AvgIpc) is 2.36. The zero-order chi connectivity index (χ0) is 16.3. The van der Waals surface area contributed by atoms with Crippen molar-refractivity contribution in [3.05, 3.63) is 0 Å². The standard InChI is InChI=1S/C14H25NO5S/c1-14(2,3)20-13(17)15(4)21(18,19)10-12-7-5-11(9-16)6-8-12/h9,11-12H,5-8,10H2,1-4H3/t11-,12-. The molecule has 0 spiro atoms. The molecule has 0 aromatic heterocycles. The van der Waals surface area contributed by atoms with Crippen LogP contribution in [0.3, 0.4) is 0 Å². The molecular weight excluding hydrogens is 294 g/mol. The van der Waals surface area contributed by atoms with Crippen molar-refractivity contribution in [3.8, 4) is 0 Å². The van der Waals surface area contributed by atoms with E-state index in [1.54, 1.807) is 20.8 Å². The van der Waals surface area contributed by atoms with E-state index in [0.29, 0.717) is 17.1 Å². The predicted molar refractivity (Wildman–Crippen MR) is 79.3 cm³/mol. The molecule has 21 heavy (non-hydrogen) atoms. The molecule has 0 saturated heterocycles. The number of amides is 1. The lowest BCUT2D eigenvalue weighted by atomic mass is 9.84. The Morgan fingerprint density at radius 3 is 2.19 bits per heavy atom. The zero-order valence-electron chi connectivity index (χ0n) is 13.2. The van der Waals surface area contributed by atoms with Gasteiger partial charge in [-0.15, -0.1) is 0 Å². The normalized spacial score (nSPS) is 23.4. The Morgan fingerprint density at radius 2 is 1.76 bits per heavy atom. The van der Waals surface area contributed by atoms with Gasteiger partial charge >= 0.3 is 6.09 Å². The summed E-state index contributed by atoms with van der Waals surface area (Å²) in [4.78, 5) is 22.5. The highest BCUT2D eigenvalue weighted by Crippen LogP contribution is 2.29. The Balaban J connectivity index is 2.60. The first kappa shape index (κ1) is 17.9. The van der Waals surface area contributed by atoms with Crippen molar-refractivity contribution in [3.63, 3.8) is 0 Å². The monoisotopic (exact) mass is 319 g/mol. The van der Waals surface area contributed by atoms with E-state index in [1.807, 2.05) is 0 Å². The van der Waals surface area contributed by atoms with Crippen LogP contribution in [0.4, 0.5) is 4.79 Å². The molecule has 1 rings (SSSR count). The number of rotatable bonds is 4. The Morgan fingerprint density at radius 1 is 1.24 bits per heavy atom. The van der Waals surface area contributed by atoms with E-state index in [4.69, 9.17) is 4.74 Å². The molecule has 0 unspecified atom stereocenters. The molecule has 0 aromatic carbocycles. The van der Waals surface area contributed by atoms with Crippen LogP contribution in [0.25, 0.3) is 0 Å². The van der Waals surface area contributed by atoms with Crippen LogP contribution in [0.2, 0.25) is 0 Å². The van der Waals surface area contributed by atoms with E-state index < -0.39 is 21.7 Å². The van der Waals surface area contributed by atoms with E-state index >= 15 is 0 Å². The maximum Gasteiger partial charge on any atom is 0.423 e. The number of hydrogen-bond donors (Lipinski definition) is 0. The van der Waals surface area contributed by atoms with Crippen LogP contribution in [0.5, 0.6) is 0 Å². The predicted octanol–water partition coefficient (Wildman–Crippen LogP) is 2.19. The van der Waals surface area contributed by atoms with Gasteiger partial charge in [0.1, 0.15) is 11.9 Å². The topological polar surface area (TPSA) is 80.8 Å². The fourth-order valence-corrected chi connectivity index (χ4v) is 3.76. The van der Waals surface area contributed by atoms with Crippen LogP contribution < -0.4 is 0 Å². The van der Waals surface area contributed by atoms with Gasteiger partial charge in [-0.2, -0.15) is 0 Å². The van der Waals surface area contributed by atoms with E-state index in [9.17, 15) is 18.0 Å². The molecule has 0 radical (unpaired) electrons. The van der Waals surface area contributed by atoms with Gasteiger partial charge in [-0.1, -0.05) is 0 Å². The van der Waals surface area contributed by atoms with Crippen molar-refractivity contribution in [2.24, 2.45) is 11.8 Å². The maximum atomic E-state index is 12.2. The number of carbonyl (C=O) groups is 2. The summed E-state index contributed by atoms with van der Waals surface area (Å²) in [5, 5.41) is 0. The number of carbonyl (C=O) groups excluding carboxylic acids is 2. The molecule has 1 aliphatic carbocycles. The molecule has 1 amide bonds. The SMILES string of the molecule is CN(C(=O)OC(C)(C)C)S(=O)(=O)C[C@H]1CC[C@H](C=O)CC1. The molecular formula is C14H25NO5S. The number of sulfonamides is 1. The van der Waals surface area contributed by atoms with Crippen LogP contribution in [0, 0.1) is 11.8 Å². The lowest BCUT2D eigenvalue weighted by Crippen LogP contribution is -2.40. The van der Waals surface area contributed by atoms with Gasteiger partial charge in [0.2, 0.25) is 10.0 Å². The molecule has 0 heterocycles. The van der Waals surface area contributed by atoms with E-state index in [1.165, 1.54) is 7.05 Å². The first-order chi connectivity index (χ1) is 9.55. The van der Waals surface area contributed by atoms with Crippen LogP contribution in [-0.4, -0.2) is 43.5 Å². The van der Waals surface area contributed by atoms with Crippen LogP contribution in [0.1, 0.15) is 46.5 Å². The van der Waals surface area contributed by atoms with Crippen molar-refractivity contribution < 1.29 is 22.7 Å². The summed E-state index contributed by atoms with van der Waals surface area (Å²) in [6.45, 7) is 5.06. The summed E-state index contributed by atoms with van der Waals surface area (Å²) in [7, 11) is -2.46. The molecule has 6 nitrogen and oxygen atoms in total. The van der Waals surface area contributed by atoms with E-state index in [-0.39, 0.29) is 17.6 Å². The molecule has 0 N–H and O–H groups in total. The Bertz CT molecular complexity index is 472. The Hall–Kier alpha value is -1.11. The third-order valence-electron chi connectivity index (χ3n) is 3.60. The fourth-order valence-electron chi connectivity index (χ4n) is 2.34. The molecule has 0 aliphatic heterocycles. The Kier molecular flexibility index (Phi) is 5.78. The first-order valence-corrected chi connectivity index (χ1v) is 8.81. The van der Waals surface area contributed by atoms with Crippen molar-refractivity contribution in [2.45, 2.75) is 52.1 Å². The minimum atomic E-state index is -3.69. The highest BCUT2D eigenvalue weighted by molar-refractivity contribution is 7.89. The number of ether oxygens (including phenoxy) is 1.